The minimum atomic E-state index is -0.238. The number of halogens is 1. The quantitative estimate of drug-likeness (QED) is 0.323. The fraction of sp³-hybridized carbons (Fsp3) is 0. The second-order valence-corrected chi connectivity index (χ2v) is 7.23. The number of aromatic amines is 1. The van der Waals surface area contributed by atoms with Gasteiger partial charge in [0.15, 0.2) is 0 Å². The second-order valence-electron chi connectivity index (χ2n) is 7.23. The molecule has 0 aliphatic rings. The topological polar surface area (TPSA) is 28.7 Å². The van der Waals surface area contributed by atoms with E-state index in [4.69, 9.17) is 0 Å². The van der Waals surface area contributed by atoms with Crippen LogP contribution in [0.1, 0.15) is 22.3 Å². The molecule has 2 nitrogen and oxygen atoms in total. The van der Waals surface area contributed by atoms with Gasteiger partial charge in [0.05, 0.1) is 0 Å². The lowest BCUT2D eigenvalue weighted by molar-refractivity contribution is 0.627. The number of benzene rings is 3. The van der Waals surface area contributed by atoms with E-state index >= 15 is 0 Å². The minimum absolute atomic E-state index is 0.238. The average molecular weight is 390 g/mol. The normalized spacial score (nSPS) is 11.9. The first-order chi connectivity index (χ1) is 14.7. The molecule has 0 spiro atoms. The van der Waals surface area contributed by atoms with Gasteiger partial charge < -0.3 is 4.98 Å². The highest BCUT2D eigenvalue weighted by Gasteiger charge is 2.06. The van der Waals surface area contributed by atoms with Crippen molar-refractivity contribution >= 4 is 46.2 Å². The zero-order valence-corrected chi connectivity index (χ0v) is 16.2. The Bertz CT molecular complexity index is 1390. The Hall–Kier alpha value is -3.98. The molecule has 30 heavy (non-hydrogen) atoms. The van der Waals surface area contributed by atoms with E-state index in [9.17, 15) is 4.39 Å². The lowest BCUT2D eigenvalue weighted by Crippen LogP contribution is -1.80. The van der Waals surface area contributed by atoms with Crippen molar-refractivity contribution in [3.05, 3.63) is 113 Å². The zero-order chi connectivity index (χ0) is 20.3. The van der Waals surface area contributed by atoms with Gasteiger partial charge in [-0.15, -0.1) is 0 Å². The van der Waals surface area contributed by atoms with Crippen LogP contribution in [-0.4, -0.2) is 9.97 Å². The van der Waals surface area contributed by atoms with Crippen LogP contribution in [0.25, 0.3) is 46.2 Å². The number of hydrogen-bond donors (Lipinski definition) is 1. The number of nitrogens with zero attached hydrogens (tertiary/aromatic N) is 1. The fourth-order valence-corrected chi connectivity index (χ4v) is 3.56. The predicted octanol–water partition coefficient (Wildman–Crippen LogP) is 7.20. The van der Waals surface area contributed by atoms with E-state index < -0.39 is 0 Å². The molecule has 2 heterocycles. The largest absolute Gasteiger partial charge is 0.339 e. The monoisotopic (exact) mass is 390 g/mol. The molecule has 0 saturated heterocycles. The van der Waals surface area contributed by atoms with Crippen LogP contribution in [0.3, 0.4) is 0 Å². The maximum Gasteiger partial charge on any atom is 0.138 e. The third-order valence-electron chi connectivity index (χ3n) is 5.08. The van der Waals surface area contributed by atoms with Crippen LogP contribution in [-0.2, 0) is 0 Å². The number of fused-ring (bicyclic) bond motifs is 3. The molecule has 0 atom stereocenters. The molecule has 5 aromatic rings. The molecule has 0 fully saturated rings. The molecule has 2 aromatic heterocycles. The van der Waals surface area contributed by atoms with Crippen molar-refractivity contribution in [2.45, 2.75) is 0 Å². The van der Waals surface area contributed by atoms with Crippen LogP contribution in [0.4, 0.5) is 4.39 Å². The van der Waals surface area contributed by atoms with Crippen molar-refractivity contribution in [3.8, 4) is 0 Å². The van der Waals surface area contributed by atoms with Crippen molar-refractivity contribution in [2.24, 2.45) is 0 Å². The van der Waals surface area contributed by atoms with Gasteiger partial charge in [0.25, 0.3) is 0 Å². The third kappa shape index (κ3) is 3.78. The molecule has 0 aliphatic carbocycles. The van der Waals surface area contributed by atoms with E-state index in [1.165, 1.54) is 17.7 Å². The van der Waals surface area contributed by atoms with E-state index in [2.05, 4.69) is 58.5 Å². The van der Waals surface area contributed by atoms with E-state index in [1.54, 1.807) is 6.07 Å². The highest BCUT2D eigenvalue weighted by Crippen LogP contribution is 2.27. The van der Waals surface area contributed by atoms with Crippen LogP contribution in [0, 0.1) is 5.82 Å². The number of H-pyrrole nitrogens is 1. The molecule has 0 bridgehead atoms. The van der Waals surface area contributed by atoms with Gasteiger partial charge in [0, 0.05) is 22.5 Å². The van der Waals surface area contributed by atoms with Gasteiger partial charge in [-0.2, -0.15) is 0 Å². The third-order valence-corrected chi connectivity index (χ3v) is 5.08. The first kappa shape index (κ1) is 18.1. The average Bonchev–Trinajstić information content (AvgIpc) is 3.14. The molecule has 0 saturated carbocycles. The highest BCUT2D eigenvalue weighted by atomic mass is 19.1. The smallest absolute Gasteiger partial charge is 0.138 e. The number of nitrogens with one attached hydrogen (secondary N) is 1. The summed E-state index contributed by atoms with van der Waals surface area (Å²) in [5.74, 6) is -0.238. The summed E-state index contributed by atoms with van der Waals surface area (Å²) in [6, 6.07) is 25.3. The summed E-state index contributed by atoms with van der Waals surface area (Å²) >= 11 is 0. The van der Waals surface area contributed by atoms with E-state index in [-0.39, 0.29) is 5.82 Å². The van der Waals surface area contributed by atoms with Gasteiger partial charge in [0.2, 0.25) is 0 Å². The zero-order valence-electron chi connectivity index (χ0n) is 16.2. The molecule has 3 heteroatoms. The lowest BCUT2D eigenvalue weighted by atomic mass is 10.1. The van der Waals surface area contributed by atoms with Gasteiger partial charge in [-0.3, -0.25) is 0 Å². The Balaban J connectivity index is 1.50. The van der Waals surface area contributed by atoms with Crippen molar-refractivity contribution in [1.29, 1.82) is 0 Å². The van der Waals surface area contributed by atoms with E-state index in [0.717, 1.165) is 38.6 Å². The van der Waals surface area contributed by atoms with E-state index in [0.29, 0.717) is 0 Å². The summed E-state index contributed by atoms with van der Waals surface area (Å²) in [6.07, 6.45) is 9.91. The first-order valence-electron chi connectivity index (χ1n) is 9.83. The van der Waals surface area contributed by atoms with E-state index in [1.807, 2.05) is 42.6 Å². The molecule has 0 unspecified atom stereocenters. The predicted molar refractivity (Wildman–Crippen MR) is 124 cm³/mol. The van der Waals surface area contributed by atoms with Gasteiger partial charge in [-0.05, 0) is 52.6 Å². The maximum absolute atomic E-state index is 13.4. The summed E-state index contributed by atoms with van der Waals surface area (Å²) in [5, 5.41) is 2.20. The van der Waals surface area contributed by atoms with Crippen molar-refractivity contribution in [1.82, 2.24) is 9.97 Å². The Morgan fingerprint density at radius 3 is 2.17 bits per heavy atom. The molecule has 0 radical (unpaired) electrons. The maximum atomic E-state index is 13.4. The summed E-state index contributed by atoms with van der Waals surface area (Å²) in [5.41, 5.74) is 6.01. The number of pyridine rings is 1. The SMILES string of the molecule is Fc1cccc(C=Cc2cnc3[nH]c4ccc(C=Cc5ccccc5)cc4c3c2)c1. The molecule has 0 amide bonds. The number of rotatable bonds is 4. The van der Waals surface area contributed by atoms with Crippen LogP contribution < -0.4 is 0 Å². The lowest BCUT2D eigenvalue weighted by Gasteiger charge is -1.98. The highest BCUT2D eigenvalue weighted by molar-refractivity contribution is 6.07. The van der Waals surface area contributed by atoms with Gasteiger partial charge in [-0.25, -0.2) is 9.37 Å². The summed E-state index contributed by atoms with van der Waals surface area (Å²) < 4.78 is 13.4. The molecule has 3 aromatic carbocycles. The summed E-state index contributed by atoms with van der Waals surface area (Å²) in [4.78, 5) is 7.95. The van der Waals surface area contributed by atoms with Crippen molar-refractivity contribution < 1.29 is 4.39 Å². The minimum Gasteiger partial charge on any atom is -0.339 e. The van der Waals surface area contributed by atoms with Gasteiger partial charge in [0.1, 0.15) is 11.5 Å². The van der Waals surface area contributed by atoms with Crippen LogP contribution in [0.5, 0.6) is 0 Å². The van der Waals surface area contributed by atoms with Gasteiger partial charge >= 0.3 is 0 Å². The second kappa shape index (κ2) is 7.80. The van der Waals surface area contributed by atoms with Crippen molar-refractivity contribution in [3.63, 3.8) is 0 Å². The van der Waals surface area contributed by atoms with Crippen LogP contribution >= 0.6 is 0 Å². The Morgan fingerprint density at radius 1 is 0.633 bits per heavy atom. The Kier molecular flexibility index (Phi) is 4.70. The molecular formula is C27H19FN2. The van der Waals surface area contributed by atoms with Crippen LogP contribution in [0.15, 0.2) is 85.1 Å². The Morgan fingerprint density at radius 2 is 1.33 bits per heavy atom. The molecular weight excluding hydrogens is 371 g/mol. The first-order valence-corrected chi connectivity index (χ1v) is 9.83. The standard InChI is InChI=1S/C27H19FN2/c28-23-8-4-7-20(15-23)11-12-22-17-25-24-16-21(10-9-19-5-2-1-3-6-19)13-14-26(24)30-27(25)29-18-22/h1-18H,(H,29,30). The Labute approximate surface area is 174 Å². The molecule has 5 rings (SSSR count). The van der Waals surface area contributed by atoms with Crippen LogP contribution in [0.2, 0.25) is 0 Å². The summed E-state index contributed by atoms with van der Waals surface area (Å²) in [7, 11) is 0. The van der Waals surface area contributed by atoms with Gasteiger partial charge in [-0.1, -0.05) is 72.8 Å². The molecule has 144 valence electrons. The fourth-order valence-electron chi connectivity index (χ4n) is 3.56. The number of aromatic nitrogens is 2. The number of hydrogen-bond acceptors (Lipinski definition) is 1. The molecule has 0 aliphatic heterocycles. The van der Waals surface area contributed by atoms with Crippen molar-refractivity contribution in [2.75, 3.05) is 0 Å². The summed E-state index contributed by atoms with van der Waals surface area (Å²) in [6.45, 7) is 0. The molecule has 1 N–H and O–H groups in total.